The molecule has 0 unspecified atom stereocenters. The maximum absolute atomic E-state index is 13.3. The Morgan fingerprint density at radius 2 is 1.86 bits per heavy atom. The van der Waals surface area contributed by atoms with Gasteiger partial charge in [-0.25, -0.2) is 8.78 Å². The number of nitrogens with zero attached hydrogens (tertiary/aromatic N) is 1. The van der Waals surface area contributed by atoms with Gasteiger partial charge >= 0.3 is 0 Å². The minimum absolute atomic E-state index is 0.130. The van der Waals surface area contributed by atoms with Gasteiger partial charge in [-0.3, -0.25) is 4.79 Å². The molecule has 110 valence electrons. The van der Waals surface area contributed by atoms with E-state index in [4.69, 9.17) is 23.2 Å². The molecule has 2 rings (SSSR count). The van der Waals surface area contributed by atoms with Gasteiger partial charge in [-0.15, -0.1) is 0 Å². The van der Waals surface area contributed by atoms with Crippen LogP contribution in [0.1, 0.15) is 17.3 Å². The Labute approximate surface area is 130 Å². The average Bonchev–Trinajstić information content (AvgIpc) is 2.46. The van der Waals surface area contributed by atoms with E-state index < -0.39 is 17.5 Å². The normalized spacial score (nSPS) is 10.5. The molecule has 2 aromatic rings. The summed E-state index contributed by atoms with van der Waals surface area (Å²) in [7, 11) is 0. The Morgan fingerprint density at radius 3 is 2.48 bits per heavy atom. The number of rotatable bonds is 3. The second-order valence-corrected chi connectivity index (χ2v) is 5.03. The maximum Gasteiger partial charge on any atom is 0.259 e. The summed E-state index contributed by atoms with van der Waals surface area (Å²) >= 11 is 11.9. The highest BCUT2D eigenvalue weighted by Gasteiger charge is 2.20. The minimum atomic E-state index is -1.02. The summed E-state index contributed by atoms with van der Waals surface area (Å²) < 4.78 is 26.3. The second kappa shape index (κ2) is 6.41. The Hall–Kier alpha value is -1.65. The number of amides is 1. The van der Waals surface area contributed by atoms with E-state index >= 15 is 0 Å². The molecule has 6 heteroatoms. The first kappa shape index (κ1) is 15.7. The SMILES string of the molecule is CCN(C(=O)c1cccc(Cl)c1Cl)c1ccc(F)c(F)c1. The molecule has 0 spiro atoms. The van der Waals surface area contributed by atoms with Gasteiger partial charge < -0.3 is 4.90 Å². The third-order valence-corrected chi connectivity index (χ3v) is 3.78. The summed E-state index contributed by atoms with van der Waals surface area (Å²) in [6.07, 6.45) is 0. The number of hydrogen-bond donors (Lipinski definition) is 0. The molecule has 0 bridgehead atoms. The maximum atomic E-state index is 13.3. The van der Waals surface area contributed by atoms with Gasteiger partial charge in [-0.1, -0.05) is 29.3 Å². The summed E-state index contributed by atoms with van der Waals surface area (Å²) in [6.45, 7) is 1.99. The molecule has 0 aromatic heterocycles. The number of hydrogen-bond acceptors (Lipinski definition) is 1. The van der Waals surface area contributed by atoms with Crippen LogP contribution in [0.2, 0.25) is 10.0 Å². The third kappa shape index (κ3) is 3.17. The van der Waals surface area contributed by atoms with Gasteiger partial charge in [0.1, 0.15) is 0 Å². The number of anilines is 1. The van der Waals surface area contributed by atoms with E-state index in [9.17, 15) is 13.6 Å². The minimum Gasteiger partial charge on any atom is -0.308 e. The molecular weight excluding hydrogens is 319 g/mol. The van der Waals surface area contributed by atoms with Crippen LogP contribution in [0.25, 0.3) is 0 Å². The quantitative estimate of drug-likeness (QED) is 0.781. The van der Waals surface area contributed by atoms with Crippen molar-refractivity contribution in [2.24, 2.45) is 0 Å². The first-order valence-corrected chi connectivity index (χ1v) is 6.92. The lowest BCUT2D eigenvalue weighted by Gasteiger charge is -2.22. The smallest absolute Gasteiger partial charge is 0.259 e. The van der Waals surface area contributed by atoms with Crippen molar-refractivity contribution < 1.29 is 13.6 Å². The molecule has 0 aliphatic heterocycles. The van der Waals surface area contributed by atoms with Gasteiger partial charge in [0, 0.05) is 18.3 Å². The molecular formula is C15H11Cl2F2NO. The van der Waals surface area contributed by atoms with Crippen LogP contribution in [0, 0.1) is 11.6 Å². The van der Waals surface area contributed by atoms with Crippen LogP contribution in [0.3, 0.4) is 0 Å². The van der Waals surface area contributed by atoms with Crippen molar-refractivity contribution in [3.63, 3.8) is 0 Å². The van der Waals surface area contributed by atoms with Crippen LogP contribution in [-0.4, -0.2) is 12.5 Å². The number of halogens is 4. The van der Waals surface area contributed by atoms with Crippen LogP contribution in [0.4, 0.5) is 14.5 Å². The van der Waals surface area contributed by atoms with E-state index in [0.717, 1.165) is 12.1 Å². The summed E-state index contributed by atoms with van der Waals surface area (Å²) in [5, 5.41) is 0.383. The zero-order chi connectivity index (χ0) is 15.6. The predicted molar refractivity (Wildman–Crippen MR) is 80.2 cm³/mol. The molecule has 2 nitrogen and oxygen atoms in total. The molecule has 0 heterocycles. The summed E-state index contributed by atoms with van der Waals surface area (Å²) in [5.41, 5.74) is 0.452. The third-order valence-electron chi connectivity index (χ3n) is 2.96. The van der Waals surface area contributed by atoms with Crippen LogP contribution in [-0.2, 0) is 0 Å². The summed E-state index contributed by atoms with van der Waals surface area (Å²) in [6, 6.07) is 7.96. The van der Waals surface area contributed by atoms with Crippen LogP contribution in [0.5, 0.6) is 0 Å². The molecule has 0 atom stereocenters. The van der Waals surface area contributed by atoms with Crippen LogP contribution in [0.15, 0.2) is 36.4 Å². The molecule has 0 saturated carbocycles. The zero-order valence-corrected chi connectivity index (χ0v) is 12.6. The monoisotopic (exact) mass is 329 g/mol. The zero-order valence-electron chi connectivity index (χ0n) is 11.0. The fourth-order valence-electron chi connectivity index (χ4n) is 1.91. The topological polar surface area (TPSA) is 20.3 Å². The molecule has 0 N–H and O–H groups in total. The first-order valence-electron chi connectivity index (χ1n) is 6.16. The van der Waals surface area contributed by atoms with E-state index in [1.165, 1.54) is 17.0 Å². The van der Waals surface area contributed by atoms with Gasteiger partial charge in [-0.2, -0.15) is 0 Å². The first-order chi connectivity index (χ1) is 9.95. The Morgan fingerprint density at radius 1 is 1.14 bits per heavy atom. The van der Waals surface area contributed by atoms with E-state index in [1.807, 2.05) is 0 Å². The summed E-state index contributed by atoms with van der Waals surface area (Å²) in [5.74, 6) is -2.42. The van der Waals surface area contributed by atoms with Crippen molar-refractivity contribution in [2.75, 3.05) is 11.4 Å². The van der Waals surface area contributed by atoms with Gasteiger partial charge in [-0.05, 0) is 31.2 Å². The van der Waals surface area contributed by atoms with Crippen molar-refractivity contribution in [3.05, 3.63) is 63.6 Å². The Kier molecular flexibility index (Phi) is 4.80. The van der Waals surface area contributed by atoms with Crippen molar-refractivity contribution in [2.45, 2.75) is 6.92 Å². The number of benzene rings is 2. The average molecular weight is 330 g/mol. The summed E-state index contributed by atoms with van der Waals surface area (Å²) in [4.78, 5) is 13.8. The van der Waals surface area contributed by atoms with E-state index in [0.29, 0.717) is 0 Å². The lowest BCUT2D eigenvalue weighted by molar-refractivity contribution is 0.0988. The fourth-order valence-corrected chi connectivity index (χ4v) is 2.29. The van der Waals surface area contributed by atoms with Crippen molar-refractivity contribution in [3.8, 4) is 0 Å². The lowest BCUT2D eigenvalue weighted by atomic mass is 10.1. The van der Waals surface area contributed by atoms with Gasteiger partial charge in [0.05, 0.1) is 15.6 Å². The highest BCUT2D eigenvalue weighted by Crippen LogP contribution is 2.28. The number of carbonyl (C=O) groups is 1. The van der Waals surface area contributed by atoms with Crippen molar-refractivity contribution >= 4 is 34.8 Å². The van der Waals surface area contributed by atoms with Crippen molar-refractivity contribution in [1.82, 2.24) is 0 Å². The fraction of sp³-hybridized carbons (Fsp3) is 0.133. The Balaban J connectivity index is 2.43. The highest BCUT2D eigenvalue weighted by molar-refractivity contribution is 6.44. The molecule has 0 fully saturated rings. The lowest BCUT2D eigenvalue weighted by Crippen LogP contribution is -2.31. The van der Waals surface area contributed by atoms with Crippen LogP contribution < -0.4 is 4.90 Å². The van der Waals surface area contributed by atoms with E-state index in [2.05, 4.69) is 0 Å². The second-order valence-electron chi connectivity index (χ2n) is 4.25. The molecule has 0 aliphatic carbocycles. The highest BCUT2D eigenvalue weighted by atomic mass is 35.5. The Bertz CT molecular complexity index is 691. The predicted octanol–water partition coefficient (Wildman–Crippen LogP) is 4.94. The standard InChI is InChI=1S/C15H11Cl2F2NO/c1-2-20(9-6-7-12(18)13(19)8-9)15(21)10-4-3-5-11(16)14(10)17/h3-8H,2H2,1H3. The molecule has 0 aliphatic rings. The molecule has 0 radical (unpaired) electrons. The van der Waals surface area contributed by atoms with E-state index in [-0.39, 0.29) is 27.8 Å². The van der Waals surface area contributed by atoms with Gasteiger partial charge in [0.15, 0.2) is 11.6 Å². The van der Waals surface area contributed by atoms with Crippen LogP contribution >= 0.6 is 23.2 Å². The van der Waals surface area contributed by atoms with Gasteiger partial charge in [0.2, 0.25) is 0 Å². The molecule has 0 saturated heterocycles. The van der Waals surface area contributed by atoms with E-state index in [1.54, 1.807) is 19.1 Å². The molecule has 1 amide bonds. The number of carbonyl (C=O) groups excluding carboxylic acids is 1. The molecule has 21 heavy (non-hydrogen) atoms. The van der Waals surface area contributed by atoms with Crippen molar-refractivity contribution in [1.29, 1.82) is 0 Å². The molecule has 2 aromatic carbocycles. The largest absolute Gasteiger partial charge is 0.308 e. The van der Waals surface area contributed by atoms with Gasteiger partial charge in [0.25, 0.3) is 5.91 Å².